The first-order valence-corrected chi connectivity index (χ1v) is 4.32. The highest BCUT2D eigenvalue weighted by molar-refractivity contribution is 7.99. The number of thioether (sulfide) groups is 1. The molecule has 0 spiro atoms. The molecule has 10 heavy (non-hydrogen) atoms. The topological polar surface area (TPSA) is 57.5 Å². The van der Waals surface area contributed by atoms with E-state index < -0.39 is 12.1 Å². The van der Waals surface area contributed by atoms with Crippen molar-refractivity contribution < 1.29 is 15.0 Å². The Hall–Kier alpha value is -0.220. The monoisotopic (exact) mass is 164 g/mol. The van der Waals surface area contributed by atoms with Crippen molar-refractivity contribution in [2.24, 2.45) is 0 Å². The van der Waals surface area contributed by atoms with Crippen LogP contribution in [0.15, 0.2) is 0 Å². The molecule has 2 N–H and O–H groups in total. The third kappa shape index (κ3) is 4.64. The molecule has 0 aliphatic heterocycles. The SMILES string of the molecule is CCCSCC(O)C(=O)O. The molecule has 0 aromatic rings. The lowest BCUT2D eigenvalue weighted by molar-refractivity contribution is -0.145. The standard InChI is InChI=1S/C6H12O3S/c1-2-3-10-4-5(7)6(8)9/h5,7H,2-4H2,1H3,(H,8,9). The highest BCUT2D eigenvalue weighted by atomic mass is 32.2. The molecule has 0 saturated heterocycles. The zero-order valence-corrected chi connectivity index (χ0v) is 6.73. The Labute approximate surface area is 64.4 Å². The number of carboxylic acid groups (broad SMARTS) is 1. The van der Waals surface area contributed by atoms with Crippen molar-refractivity contribution >= 4 is 17.7 Å². The second-order valence-electron chi connectivity index (χ2n) is 1.93. The lowest BCUT2D eigenvalue weighted by atomic mass is 10.4. The molecule has 0 aromatic heterocycles. The molecular formula is C6H12O3S. The Kier molecular flexibility index (Phi) is 5.43. The lowest BCUT2D eigenvalue weighted by Gasteiger charge is -2.02. The van der Waals surface area contributed by atoms with E-state index in [1.807, 2.05) is 6.92 Å². The van der Waals surface area contributed by atoms with Crippen LogP contribution < -0.4 is 0 Å². The summed E-state index contributed by atoms with van der Waals surface area (Å²) >= 11 is 1.46. The molecule has 0 fully saturated rings. The number of carboxylic acids is 1. The molecular weight excluding hydrogens is 152 g/mol. The normalized spacial score (nSPS) is 13.0. The Morgan fingerprint density at radius 2 is 2.30 bits per heavy atom. The number of hydrogen-bond acceptors (Lipinski definition) is 3. The zero-order valence-electron chi connectivity index (χ0n) is 5.91. The summed E-state index contributed by atoms with van der Waals surface area (Å²) in [6.45, 7) is 2.01. The maximum atomic E-state index is 10.0. The fourth-order valence-corrected chi connectivity index (χ4v) is 1.23. The van der Waals surface area contributed by atoms with Crippen LogP contribution in [0.2, 0.25) is 0 Å². The minimum atomic E-state index is -1.20. The Morgan fingerprint density at radius 1 is 1.70 bits per heavy atom. The van der Waals surface area contributed by atoms with Crippen LogP contribution in [0.3, 0.4) is 0 Å². The van der Waals surface area contributed by atoms with Crippen LogP contribution >= 0.6 is 11.8 Å². The van der Waals surface area contributed by atoms with Crippen LogP contribution in [0.1, 0.15) is 13.3 Å². The van der Waals surface area contributed by atoms with Gasteiger partial charge in [-0.05, 0) is 12.2 Å². The number of rotatable bonds is 5. The van der Waals surface area contributed by atoms with Crippen LogP contribution in [0, 0.1) is 0 Å². The fourth-order valence-electron chi connectivity index (χ4n) is 0.411. The third-order valence-electron chi connectivity index (χ3n) is 0.909. The maximum Gasteiger partial charge on any atom is 0.333 e. The summed E-state index contributed by atoms with van der Waals surface area (Å²) in [5.41, 5.74) is 0. The summed E-state index contributed by atoms with van der Waals surface area (Å²) in [5.74, 6) is 0.0663. The number of hydrogen-bond donors (Lipinski definition) is 2. The van der Waals surface area contributed by atoms with E-state index >= 15 is 0 Å². The predicted octanol–water partition coefficient (Wildman–Crippen LogP) is 0.575. The largest absolute Gasteiger partial charge is 0.479 e. The van der Waals surface area contributed by atoms with Gasteiger partial charge in [0.15, 0.2) is 6.10 Å². The van der Waals surface area contributed by atoms with E-state index in [9.17, 15) is 4.79 Å². The first-order chi connectivity index (χ1) is 4.68. The molecule has 0 amide bonds. The lowest BCUT2D eigenvalue weighted by Crippen LogP contribution is -2.22. The first kappa shape index (κ1) is 9.78. The molecule has 0 radical (unpaired) electrons. The van der Waals surface area contributed by atoms with E-state index in [1.54, 1.807) is 0 Å². The van der Waals surface area contributed by atoms with Crippen LogP contribution in [-0.2, 0) is 4.79 Å². The van der Waals surface area contributed by atoms with E-state index in [1.165, 1.54) is 11.8 Å². The van der Waals surface area contributed by atoms with Crippen LogP contribution in [-0.4, -0.2) is 33.8 Å². The van der Waals surface area contributed by atoms with Crippen molar-refractivity contribution in [2.45, 2.75) is 19.4 Å². The van der Waals surface area contributed by atoms with E-state index in [-0.39, 0.29) is 0 Å². The number of aliphatic hydroxyl groups is 1. The highest BCUT2D eigenvalue weighted by Gasteiger charge is 2.11. The Morgan fingerprint density at radius 3 is 2.70 bits per heavy atom. The fraction of sp³-hybridized carbons (Fsp3) is 0.833. The van der Waals surface area contributed by atoms with E-state index in [2.05, 4.69) is 0 Å². The number of carbonyl (C=O) groups is 1. The molecule has 0 bridgehead atoms. The molecule has 0 saturated carbocycles. The smallest absolute Gasteiger partial charge is 0.333 e. The van der Waals surface area contributed by atoms with Gasteiger partial charge in [0, 0.05) is 5.75 Å². The van der Waals surface area contributed by atoms with Gasteiger partial charge in [0.05, 0.1) is 0 Å². The summed E-state index contributed by atoms with van der Waals surface area (Å²) in [6.07, 6.45) is -0.187. The number of aliphatic hydroxyl groups excluding tert-OH is 1. The van der Waals surface area contributed by atoms with Crippen molar-refractivity contribution in [1.29, 1.82) is 0 Å². The molecule has 0 heterocycles. The van der Waals surface area contributed by atoms with Crippen LogP contribution in [0.25, 0.3) is 0 Å². The van der Waals surface area contributed by atoms with E-state index in [0.717, 1.165) is 12.2 Å². The molecule has 60 valence electrons. The molecule has 3 nitrogen and oxygen atoms in total. The Bertz CT molecular complexity index is 105. The maximum absolute atomic E-state index is 10.0. The van der Waals surface area contributed by atoms with Crippen molar-refractivity contribution in [3.63, 3.8) is 0 Å². The van der Waals surface area contributed by atoms with Gasteiger partial charge < -0.3 is 10.2 Å². The molecule has 4 heteroatoms. The van der Waals surface area contributed by atoms with Gasteiger partial charge in [0.2, 0.25) is 0 Å². The van der Waals surface area contributed by atoms with Crippen molar-refractivity contribution in [1.82, 2.24) is 0 Å². The molecule has 0 rings (SSSR count). The molecule has 1 unspecified atom stereocenters. The summed E-state index contributed by atoms with van der Waals surface area (Å²) in [5, 5.41) is 17.0. The molecule has 0 aliphatic rings. The number of aliphatic carboxylic acids is 1. The molecule has 0 aliphatic carbocycles. The van der Waals surface area contributed by atoms with Gasteiger partial charge >= 0.3 is 5.97 Å². The predicted molar refractivity (Wildman–Crippen MR) is 41.3 cm³/mol. The zero-order chi connectivity index (χ0) is 7.98. The minimum Gasteiger partial charge on any atom is -0.479 e. The second kappa shape index (κ2) is 5.56. The van der Waals surface area contributed by atoms with Gasteiger partial charge in [-0.2, -0.15) is 11.8 Å². The van der Waals surface area contributed by atoms with Gasteiger partial charge in [-0.25, -0.2) is 4.79 Å². The van der Waals surface area contributed by atoms with Crippen molar-refractivity contribution in [3.05, 3.63) is 0 Å². The van der Waals surface area contributed by atoms with Gasteiger partial charge in [-0.15, -0.1) is 0 Å². The quantitative estimate of drug-likeness (QED) is 0.583. The van der Waals surface area contributed by atoms with Gasteiger partial charge in [-0.1, -0.05) is 6.92 Å². The first-order valence-electron chi connectivity index (χ1n) is 3.17. The third-order valence-corrected chi connectivity index (χ3v) is 2.16. The Balaban J connectivity index is 3.21. The summed E-state index contributed by atoms with van der Waals surface area (Å²) in [4.78, 5) is 10.0. The van der Waals surface area contributed by atoms with E-state index in [4.69, 9.17) is 10.2 Å². The summed E-state index contributed by atoms with van der Waals surface area (Å²) in [6, 6.07) is 0. The van der Waals surface area contributed by atoms with E-state index in [0.29, 0.717) is 5.75 Å². The van der Waals surface area contributed by atoms with Crippen molar-refractivity contribution in [2.75, 3.05) is 11.5 Å². The van der Waals surface area contributed by atoms with Crippen LogP contribution in [0.4, 0.5) is 0 Å². The average molecular weight is 164 g/mol. The average Bonchev–Trinajstić information content (AvgIpc) is 1.88. The molecule has 1 atom stereocenters. The summed E-state index contributed by atoms with van der Waals surface area (Å²) < 4.78 is 0. The molecule has 0 aromatic carbocycles. The van der Waals surface area contributed by atoms with Gasteiger partial charge in [0.25, 0.3) is 0 Å². The highest BCUT2D eigenvalue weighted by Crippen LogP contribution is 2.04. The minimum absolute atomic E-state index is 0.295. The van der Waals surface area contributed by atoms with Gasteiger partial charge in [0.1, 0.15) is 0 Å². The van der Waals surface area contributed by atoms with Crippen molar-refractivity contribution in [3.8, 4) is 0 Å². The van der Waals surface area contributed by atoms with Crippen LogP contribution in [0.5, 0.6) is 0 Å². The summed E-state index contributed by atoms with van der Waals surface area (Å²) in [7, 11) is 0. The second-order valence-corrected chi connectivity index (χ2v) is 3.08. The van der Waals surface area contributed by atoms with Gasteiger partial charge in [-0.3, -0.25) is 0 Å².